The summed E-state index contributed by atoms with van der Waals surface area (Å²) in [6.45, 7) is 4.10. The average molecular weight is 259 g/mol. The summed E-state index contributed by atoms with van der Waals surface area (Å²) >= 11 is 3.42. The number of nitrogens with zero attached hydrogens (tertiary/aromatic N) is 2. The van der Waals surface area contributed by atoms with E-state index >= 15 is 0 Å². The molecule has 0 fully saturated rings. The monoisotopic (exact) mass is 258 g/mol. The van der Waals surface area contributed by atoms with Crippen molar-refractivity contribution in [3.63, 3.8) is 0 Å². The molecule has 0 aliphatic rings. The predicted octanol–water partition coefficient (Wildman–Crippen LogP) is 2.05. The summed E-state index contributed by atoms with van der Waals surface area (Å²) in [5.41, 5.74) is -0.717. The Morgan fingerprint density at radius 1 is 1.57 bits per heavy atom. The molecule has 1 rings (SSSR count). The minimum absolute atomic E-state index is 0.544. The number of halogens is 1. The van der Waals surface area contributed by atoms with E-state index in [1.807, 2.05) is 24.1 Å². The second-order valence-electron chi connectivity index (χ2n) is 3.98. The van der Waals surface area contributed by atoms with Crippen molar-refractivity contribution < 1.29 is 5.11 Å². The second kappa shape index (κ2) is 4.28. The van der Waals surface area contributed by atoms with Gasteiger partial charge in [-0.2, -0.15) is 0 Å². The van der Waals surface area contributed by atoms with Crippen LogP contribution in [-0.2, 0) is 0 Å². The van der Waals surface area contributed by atoms with Gasteiger partial charge in [0.25, 0.3) is 0 Å². The SMILES string of the molecule is CN(CC(C)(C)O)c1ncccc1Br. The van der Waals surface area contributed by atoms with Gasteiger partial charge in [-0.3, -0.25) is 0 Å². The van der Waals surface area contributed by atoms with Gasteiger partial charge in [0.2, 0.25) is 0 Å². The van der Waals surface area contributed by atoms with E-state index < -0.39 is 5.60 Å². The van der Waals surface area contributed by atoms with Crippen molar-refractivity contribution in [2.45, 2.75) is 19.4 Å². The maximum atomic E-state index is 9.66. The quantitative estimate of drug-likeness (QED) is 0.902. The third-order valence-corrected chi connectivity index (χ3v) is 2.34. The van der Waals surface area contributed by atoms with Crippen molar-refractivity contribution in [2.75, 3.05) is 18.5 Å². The smallest absolute Gasteiger partial charge is 0.142 e. The first kappa shape index (κ1) is 11.5. The Bertz CT molecular complexity index is 309. The molecule has 3 nitrogen and oxygen atoms in total. The Morgan fingerprint density at radius 3 is 2.71 bits per heavy atom. The molecular formula is C10H15BrN2O. The Balaban J connectivity index is 2.80. The normalized spacial score (nSPS) is 11.5. The first-order valence-electron chi connectivity index (χ1n) is 4.44. The van der Waals surface area contributed by atoms with Crippen LogP contribution in [0.5, 0.6) is 0 Å². The lowest BCUT2D eigenvalue weighted by atomic mass is 10.1. The predicted molar refractivity (Wildman–Crippen MR) is 61.5 cm³/mol. The van der Waals surface area contributed by atoms with Crippen LogP contribution in [0.1, 0.15) is 13.8 Å². The standard InChI is InChI=1S/C10H15BrN2O/c1-10(2,14)7-13(3)9-8(11)5-4-6-12-9/h4-6,14H,7H2,1-3H3. The molecule has 0 saturated heterocycles. The van der Waals surface area contributed by atoms with E-state index in [0.29, 0.717) is 6.54 Å². The van der Waals surface area contributed by atoms with Gasteiger partial charge in [0, 0.05) is 19.8 Å². The van der Waals surface area contributed by atoms with Crippen LogP contribution in [-0.4, -0.2) is 29.3 Å². The zero-order valence-corrected chi connectivity index (χ0v) is 10.2. The van der Waals surface area contributed by atoms with E-state index in [1.54, 1.807) is 20.0 Å². The number of aromatic nitrogens is 1. The summed E-state index contributed by atoms with van der Waals surface area (Å²) < 4.78 is 0.937. The fourth-order valence-electron chi connectivity index (χ4n) is 1.31. The van der Waals surface area contributed by atoms with Crippen LogP contribution in [0.2, 0.25) is 0 Å². The van der Waals surface area contributed by atoms with Gasteiger partial charge in [0.1, 0.15) is 5.82 Å². The molecule has 0 unspecified atom stereocenters. The van der Waals surface area contributed by atoms with E-state index in [9.17, 15) is 5.11 Å². The van der Waals surface area contributed by atoms with E-state index in [-0.39, 0.29) is 0 Å². The van der Waals surface area contributed by atoms with Crippen LogP contribution in [0.3, 0.4) is 0 Å². The lowest BCUT2D eigenvalue weighted by Crippen LogP contribution is -2.36. The summed E-state index contributed by atoms with van der Waals surface area (Å²) in [6, 6.07) is 3.80. The molecule has 1 N–H and O–H groups in total. The molecule has 14 heavy (non-hydrogen) atoms. The summed E-state index contributed by atoms with van der Waals surface area (Å²) in [6.07, 6.45) is 1.74. The fourth-order valence-corrected chi connectivity index (χ4v) is 1.87. The third-order valence-electron chi connectivity index (χ3n) is 1.72. The highest BCUT2D eigenvalue weighted by atomic mass is 79.9. The number of hydrogen-bond acceptors (Lipinski definition) is 3. The molecule has 0 atom stereocenters. The highest BCUT2D eigenvalue weighted by molar-refractivity contribution is 9.10. The number of rotatable bonds is 3. The summed E-state index contributed by atoms with van der Waals surface area (Å²) in [5.74, 6) is 0.842. The largest absolute Gasteiger partial charge is 0.389 e. The minimum Gasteiger partial charge on any atom is -0.389 e. The summed E-state index contributed by atoms with van der Waals surface area (Å²) in [7, 11) is 1.91. The Labute approximate surface area is 92.9 Å². The number of aliphatic hydroxyl groups is 1. The van der Waals surface area contributed by atoms with Gasteiger partial charge < -0.3 is 10.0 Å². The fraction of sp³-hybridized carbons (Fsp3) is 0.500. The van der Waals surface area contributed by atoms with Crippen molar-refractivity contribution in [3.8, 4) is 0 Å². The maximum Gasteiger partial charge on any atom is 0.142 e. The highest BCUT2D eigenvalue weighted by Crippen LogP contribution is 2.22. The van der Waals surface area contributed by atoms with Crippen LogP contribution < -0.4 is 4.90 Å². The van der Waals surface area contributed by atoms with Crippen molar-refractivity contribution in [2.24, 2.45) is 0 Å². The summed E-state index contributed by atoms with van der Waals surface area (Å²) in [4.78, 5) is 6.15. The number of pyridine rings is 1. The van der Waals surface area contributed by atoms with Crippen LogP contribution in [0.4, 0.5) is 5.82 Å². The lowest BCUT2D eigenvalue weighted by Gasteiger charge is -2.26. The van der Waals surface area contributed by atoms with Crippen LogP contribution >= 0.6 is 15.9 Å². The van der Waals surface area contributed by atoms with Gasteiger partial charge in [-0.15, -0.1) is 0 Å². The average Bonchev–Trinajstić information content (AvgIpc) is 2.01. The second-order valence-corrected chi connectivity index (χ2v) is 4.83. The molecule has 0 saturated carbocycles. The highest BCUT2D eigenvalue weighted by Gasteiger charge is 2.17. The van der Waals surface area contributed by atoms with Gasteiger partial charge in [0.15, 0.2) is 0 Å². The number of likely N-dealkylation sites (N-methyl/N-ethyl adjacent to an activating group) is 1. The Hall–Kier alpha value is -0.610. The topological polar surface area (TPSA) is 36.4 Å². The first-order valence-corrected chi connectivity index (χ1v) is 5.23. The molecule has 0 bridgehead atoms. The third kappa shape index (κ3) is 3.27. The zero-order chi connectivity index (χ0) is 10.8. The molecule has 0 aromatic carbocycles. The van der Waals surface area contributed by atoms with Gasteiger partial charge in [0.05, 0.1) is 10.1 Å². The van der Waals surface area contributed by atoms with Crippen molar-refractivity contribution >= 4 is 21.7 Å². The van der Waals surface area contributed by atoms with Crippen molar-refractivity contribution in [1.82, 2.24) is 4.98 Å². The molecule has 0 radical (unpaired) electrons. The lowest BCUT2D eigenvalue weighted by molar-refractivity contribution is 0.0884. The molecule has 1 heterocycles. The van der Waals surface area contributed by atoms with E-state index in [0.717, 1.165) is 10.3 Å². The Morgan fingerprint density at radius 2 is 2.21 bits per heavy atom. The van der Waals surface area contributed by atoms with Gasteiger partial charge in [-0.05, 0) is 41.9 Å². The van der Waals surface area contributed by atoms with Crippen LogP contribution in [0.15, 0.2) is 22.8 Å². The molecule has 0 aliphatic carbocycles. The molecule has 4 heteroatoms. The molecule has 0 aliphatic heterocycles. The van der Waals surface area contributed by atoms with E-state index in [4.69, 9.17) is 0 Å². The van der Waals surface area contributed by atoms with Crippen LogP contribution in [0, 0.1) is 0 Å². The van der Waals surface area contributed by atoms with Crippen LogP contribution in [0.25, 0.3) is 0 Å². The molecule has 78 valence electrons. The first-order chi connectivity index (χ1) is 6.40. The molecule has 1 aromatic rings. The van der Waals surface area contributed by atoms with Crippen molar-refractivity contribution in [1.29, 1.82) is 0 Å². The van der Waals surface area contributed by atoms with E-state index in [2.05, 4.69) is 20.9 Å². The zero-order valence-electron chi connectivity index (χ0n) is 8.66. The molecule has 0 amide bonds. The van der Waals surface area contributed by atoms with Gasteiger partial charge in [-0.1, -0.05) is 0 Å². The van der Waals surface area contributed by atoms with E-state index in [1.165, 1.54) is 0 Å². The molecular weight excluding hydrogens is 244 g/mol. The minimum atomic E-state index is -0.717. The maximum absolute atomic E-state index is 9.66. The molecule has 0 spiro atoms. The van der Waals surface area contributed by atoms with Gasteiger partial charge >= 0.3 is 0 Å². The summed E-state index contributed by atoms with van der Waals surface area (Å²) in [5, 5.41) is 9.66. The number of hydrogen-bond donors (Lipinski definition) is 1. The Kier molecular flexibility index (Phi) is 3.50. The van der Waals surface area contributed by atoms with Crippen molar-refractivity contribution in [3.05, 3.63) is 22.8 Å². The van der Waals surface area contributed by atoms with Gasteiger partial charge in [-0.25, -0.2) is 4.98 Å². The molecule has 1 aromatic heterocycles. The number of anilines is 1.